The highest BCUT2D eigenvalue weighted by molar-refractivity contribution is 5.82. The number of nitrogens with zero attached hydrogens (tertiary/aromatic N) is 1. The number of esters is 1. The number of hydrogen-bond acceptors (Lipinski definition) is 4. The summed E-state index contributed by atoms with van der Waals surface area (Å²) < 4.78 is 18.2. The van der Waals surface area contributed by atoms with Gasteiger partial charge in [-0.25, -0.2) is 9.37 Å². The molecule has 0 aliphatic carbocycles. The molecule has 0 bridgehead atoms. The van der Waals surface area contributed by atoms with E-state index >= 15 is 0 Å². The molecule has 0 unspecified atom stereocenters. The molecule has 0 saturated carbocycles. The lowest BCUT2D eigenvalue weighted by Gasteiger charge is -2.05. The first kappa shape index (κ1) is 13.9. The van der Waals surface area contributed by atoms with E-state index in [0.717, 1.165) is 0 Å². The number of ether oxygens (including phenoxy) is 1. The Bertz CT molecular complexity index is 934. The van der Waals surface area contributed by atoms with Gasteiger partial charge in [-0.3, -0.25) is 9.59 Å². The first-order valence-electron chi connectivity index (χ1n) is 6.51. The van der Waals surface area contributed by atoms with E-state index in [2.05, 4.69) is 9.97 Å². The van der Waals surface area contributed by atoms with E-state index in [4.69, 9.17) is 4.74 Å². The van der Waals surface area contributed by atoms with Gasteiger partial charge in [0.15, 0.2) is 0 Å². The van der Waals surface area contributed by atoms with Crippen LogP contribution in [-0.4, -0.2) is 15.9 Å². The molecule has 1 aromatic heterocycles. The van der Waals surface area contributed by atoms with Crippen LogP contribution in [0.3, 0.4) is 0 Å². The molecule has 6 heteroatoms. The summed E-state index contributed by atoms with van der Waals surface area (Å²) in [4.78, 5) is 30.0. The van der Waals surface area contributed by atoms with E-state index in [0.29, 0.717) is 16.5 Å². The Morgan fingerprint density at radius 2 is 2.05 bits per heavy atom. The second-order valence-electron chi connectivity index (χ2n) is 4.70. The number of H-pyrrole nitrogens is 1. The van der Waals surface area contributed by atoms with Crippen LogP contribution in [0.15, 0.2) is 47.3 Å². The number of rotatable bonds is 2. The molecule has 0 radical (unpaired) electrons. The van der Waals surface area contributed by atoms with Crippen molar-refractivity contribution in [2.75, 3.05) is 0 Å². The summed E-state index contributed by atoms with van der Waals surface area (Å²) in [5.74, 6) is -0.339. The van der Waals surface area contributed by atoms with Crippen LogP contribution < -0.4 is 10.3 Å². The summed E-state index contributed by atoms with van der Waals surface area (Å²) in [6.07, 6.45) is 0. The van der Waals surface area contributed by atoms with E-state index in [1.807, 2.05) is 0 Å². The van der Waals surface area contributed by atoms with Crippen LogP contribution in [0.1, 0.15) is 6.92 Å². The van der Waals surface area contributed by atoms with E-state index < -0.39 is 17.3 Å². The fraction of sp³-hybridized carbons (Fsp3) is 0.0625. The second kappa shape index (κ2) is 5.40. The molecule has 0 fully saturated rings. The van der Waals surface area contributed by atoms with Crippen molar-refractivity contribution in [3.8, 4) is 17.1 Å². The van der Waals surface area contributed by atoms with Gasteiger partial charge in [0, 0.05) is 12.5 Å². The van der Waals surface area contributed by atoms with Gasteiger partial charge < -0.3 is 9.72 Å². The third-order valence-corrected chi connectivity index (χ3v) is 3.04. The molecule has 110 valence electrons. The van der Waals surface area contributed by atoms with Crippen LogP contribution in [-0.2, 0) is 4.79 Å². The van der Waals surface area contributed by atoms with E-state index in [9.17, 15) is 14.0 Å². The number of halogens is 1. The summed E-state index contributed by atoms with van der Waals surface area (Å²) in [5, 5.41) is 0.291. The second-order valence-corrected chi connectivity index (χ2v) is 4.70. The summed E-state index contributed by atoms with van der Waals surface area (Å²) >= 11 is 0. The van der Waals surface area contributed by atoms with Crippen molar-refractivity contribution >= 4 is 16.9 Å². The minimum atomic E-state index is -0.472. The van der Waals surface area contributed by atoms with Gasteiger partial charge in [-0.05, 0) is 30.3 Å². The van der Waals surface area contributed by atoms with Gasteiger partial charge >= 0.3 is 5.97 Å². The number of carbonyl (C=O) groups is 1. The normalized spacial score (nSPS) is 10.6. The predicted molar refractivity (Wildman–Crippen MR) is 79.1 cm³/mol. The largest absolute Gasteiger partial charge is 0.427 e. The highest BCUT2D eigenvalue weighted by Gasteiger charge is 2.08. The Kier molecular flexibility index (Phi) is 3.42. The van der Waals surface area contributed by atoms with Gasteiger partial charge in [-0.2, -0.15) is 0 Å². The highest BCUT2D eigenvalue weighted by Crippen LogP contribution is 2.20. The number of carbonyl (C=O) groups excluding carboxylic acids is 1. The average molecular weight is 298 g/mol. The minimum Gasteiger partial charge on any atom is -0.427 e. The molecule has 0 atom stereocenters. The summed E-state index contributed by atoms with van der Waals surface area (Å²) in [7, 11) is 0. The van der Waals surface area contributed by atoms with Crippen molar-refractivity contribution < 1.29 is 13.9 Å². The lowest BCUT2D eigenvalue weighted by molar-refractivity contribution is -0.131. The molecular formula is C16H11FN2O3. The van der Waals surface area contributed by atoms with Crippen LogP contribution in [0.25, 0.3) is 22.3 Å². The zero-order valence-electron chi connectivity index (χ0n) is 11.6. The van der Waals surface area contributed by atoms with Crippen molar-refractivity contribution in [2.24, 2.45) is 0 Å². The molecule has 0 aliphatic rings. The summed E-state index contributed by atoms with van der Waals surface area (Å²) in [5.41, 5.74) is 0.514. The van der Waals surface area contributed by atoms with Crippen molar-refractivity contribution in [1.29, 1.82) is 0 Å². The number of nitrogens with one attached hydrogen (secondary N) is 1. The summed E-state index contributed by atoms with van der Waals surface area (Å²) in [6.45, 7) is 1.28. The average Bonchev–Trinajstić information content (AvgIpc) is 2.47. The SMILES string of the molecule is CC(=O)Oc1ccc2nc(-c3cccc(F)c3)[nH]c(=O)c2c1. The zero-order chi connectivity index (χ0) is 15.7. The molecule has 0 aliphatic heterocycles. The molecule has 0 saturated heterocycles. The Labute approximate surface area is 124 Å². The van der Waals surface area contributed by atoms with Gasteiger partial charge in [-0.15, -0.1) is 0 Å². The van der Waals surface area contributed by atoms with Gasteiger partial charge in [0.2, 0.25) is 0 Å². The highest BCUT2D eigenvalue weighted by atomic mass is 19.1. The maximum Gasteiger partial charge on any atom is 0.308 e. The maximum absolute atomic E-state index is 13.3. The molecule has 0 spiro atoms. The van der Waals surface area contributed by atoms with Gasteiger partial charge in [0.1, 0.15) is 17.4 Å². The molecule has 3 rings (SSSR count). The Morgan fingerprint density at radius 3 is 2.77 bits per heavy atom. The Hall–Kier alpha value is -3.02. The van der Waals surface area contributed by atoms with Crippen LogP contribution in [0.5, 0.6) is 5.75 Å². The lowest BCUT2D eigenvalue weighted by Crippen LogP contribution is -2.10. The molecule has 1 N–H and O–H groups in total. The van der Waals surface area contributed by atoms with Crippen molar-refractivity contribution in [2.45, 2.75) is 6.92 Å². The molecule has 2 aromatic carbocycles. The van der Waals surface area contributed by atoms with Crippen LogP contribution >= 0.6 is 0 Å². The summed E-state index contributed by atoms with van der Waals surface area (Å²) in [6, 6.07) is 10.4. The van der Waals surface area contributed by atoms with Crippen molar-refractivity contribution in [3.63, 3.8) is 0 Å². The molecular weight excluding hydrogens is 287 g/mol. The quantitative estimate of drug-likeness (QED) is 0.583. The van der Waals surface area contributed by atoms with Crippen molar-refractivity contribution in [3.05, 3.63) is 58.6 Å². The number of benzene rings is 2. The Balaban J connectivity index is 2.13. The van der Waals surface area contributed by atoms with Gasteiger partial charge in [0.25, 0.3) is 5.56 Å². The molecule has 5 nitrogen and oxygen atoms in total. The van der Waals surface area contributed by atoms with E-state index in [1.54, 1.807) is 24.3 Å². The predicted octanol–water partition coefficient (Wildman–Crippen LogP) is 2.65. The van der Waals surface area contributed by atoms with Crippen molar-refractivity contribution in [1.82, 2.24) is 9.97 Å². The van der Waals surface area contributed by atoms with Crippen LogP contribution in [0, 0.1) is 5.82 Å². The first-order chi connectivity index (χ1) is 10.5. The molecule has 1 heterocycles. The number of aromatic amines is 1. The lowest BCUT2D eigenvalue weighted by atomic mass is 10.2. The topological polar surface area (TPSA) is 72.0 Å². The number of hydrogen-bond donors (Lipinski definition) is 1. The monoisotopic (exact) mass is 298 g/mol. The third kappa shape index (κ3) is 2.71. The van der Waals surface area contributed by atoms with Gasteiger partial charge in [-0.1, -0.05) is 12.1 Å². The van der Waals surface area contributed by atoms with Crippen LogP contribution in [0.4, 0.5) is 4.39 Å². The van der Waals surface area contributed by atoms with E-state index in [1.165, 1.54) is 25.1 Å². The standard InChI is InChI=1S/C16H11FN2O3/c1-9(20)22-12-5-6-14-13(8-12)16(21)19-15(18-14)10-3-2-4-11(17)7-10/h2-8H,1H3,(H,18,19,21). The fourth-order valence-corrected chi connectivity index (χ4v) is 2.12. The molecule has 22 heavy (non-hydrogen) atoms. The molecule has 0 amide bonds. The third-order valence-electron chi connectivity index (χ3n) is 3.04. The van der Waals surface area contributed by atoms with E-state index in [-0.39, 0.29) is 11.6 Å². The molecule has 3 aromatic rings. The Morgan fingerprint density at radius 1 is 1.23 bits per heavy atom. The van der Waals surface area contributed by atoms with Crippen LogP contribution in [0.2, 0.25) is 0 Å². The maximum atomic E-state index is 13.3. The zero-order valence-corrected chi connectivity index (χ0v) is 11.6. The number of aromatic nitrogens is 2. The smallest absolute Gasteiger partial charge is 0.308 e. The van der Waals surface area contributed by atoms with Gasteiger partial charge in [0.05, 0.1) is 10.9 Å². The number of fused-ring (bicyclic) bond motifs is 1. The first-order valence-corrected chi connectivity index (χ1v) is 6.51. The minimum absolute atomic E-state index is 0.269. The fourth-order valence-electron chi connectivity index (χ4n) is 2.12.